The second-order valence-electron chi connectivity index (χ2n) is 5.99. The number of unbranched alkanes of at least 4 members (excludes halogenated alkanes) is 1. The fraction of sp³-hybridized carbons (Fsp3) is 0.500. The molecule has 0 aliphatic rings. The van der Waals surface area contributed by atoms with E-state index in [-0.39, 0.29) is 18.4 Å². The molecule has 5 N–H and O–H groups in total. The topological polar surface area (TPSA) is 125 Å². The summed E-state index contributed by atoms with van der Waals surface area (Å²) in [6.07, 6.45) is 4.33. The Bertz CT molecular complexity index is 546. The number of benzene rings is 1. The number of ether oxygens (including phenoxy) is 1. The maximum absolute atomic E-state index is 10.8. The smallest absolute Gasteiger partial charge is 0.217 e. The van der Waals surface area contributed by atoms with Gasteiger partial charge in [0.2, 0.25) is 18.2 Å². The minimum absolute atomic E-state index is 0.208. The van der Waals surface area contributed by atoms with Crippen LogP contribution in [0.1, 0.15) is 43.2 Å². The molecule has 0 fully saturated rings. The van der Waals surface area contributed by atoms with Crippen molar-refractivity contribution in [3.8, 4) is 0 Å². The predicted octanol–water partition coefficient (Wildman–Crippen LogP) is 0.781. The molecule has 1 rings (SSSR count). The first-order chi connectivity index (χ1) is 12.0. The molecule has 0 aromatic heterocycles. The molecule has 0 radical (unpaired) electrons. The number of amides is 3. The molecule has 0 bridgehead atoms. The molecule has 0 aliphatic heterocycles. The molecule has 25 heavy (non-hydrogen) atoms. The number of nitrogens with two attached hydrogens (primary N) is 2. The van der Waals surface area contributed by atoms with Crippen LogP contribution in [0, 0.1) is 0 Å². The number of aryl methyl sites for hydroxylation is 1. The second-order valence-corrected chi connectivity index (χ2v) is 5.99. The Kier molecular flexibility index (Phi) is 9.92. The highest BCUT2D eigenvalue weighted by Gasteiger charge is 2.09. The standard InChI is InChI=1S/C18H27N3O4/c19-17(23)4-2-1-3-14-5-7-15(8-6-14)11-25-12-16(21-13-22)9-10-18(20)24/h5-8,13,16H,1-4,9-12H2,(H2,19,23)(H2,20,24)(H,21,22). The third kappa shape index (κ3) is 10.1. The minimum Gasteiger partial charge on any atom is -0.375 e. The van der Waals surface area contributed by atoms with E-state index in [9.17, 15) is 14.4 Å². The Labute approximate surface area is 148 Å². The predicted molar refractivity (Wildman–Crippen MR) is 94.3 cm³/mol. The van der Waals surface area contributed by atoms with Crippen molar-refractivity contribution < 1.29 is 19.1 Å². The van der Waals surface area contributed by atoms with Crippen LogP contribution in [0.3, 0.4) is 0 Å². The second kappa shape index (κ2) is 12.0. The van der Waals surface area contributed by atoms with Crippen molar-refractivity contribution in [2.75, 3.05) is 6.61 Å². The van der Waals surface area contributed by atoms with E-state index < -0.39 is 5.91 Å². The number of carbonyl (C=O) groups is 3. The Morgan fingerprint density at radius 2 is 1.68 bits per heavy atom. The lowest BCUT2D eigenvalue weighted by atomic mass is 10.1. The molecule has 0 saturated heterocycles. The molecule has 7 nitrogen and oxygen atoms in total. The van der Waals surface area contributed by atoms with Gasteiger partial charge in [-0.1, -0.05) is 24.3 Å². The van der Waals surface area contributed by atoms with E-state index in [2.05, 4.69) is 5.32 Å². The lowest BCUT2D eigenvalue weighted by molar-refractivity contribution is -0.119. The van der Waals surface area contributed by atoms with E-state index in [4.69, 9.17) is 16.2 Å². The van der Waals surface area contributed by atoms with Crippen LogP contribution in [0.4, 0.5) is 0 Å². The maximum atomic E-state index is 10.8. The van der Waals surface area contributed by atoms with Gasteiger partial charge in [-0.2, -0.15) is 0 Å². The van der Waals surface area contributed by atoms with Crippen molar-refractivity contribution in [3.05, 3.63) is 35.4 Å². The van der Waals surface area contributed by atoms with Gasteiger partial charge in [-0.25, -0.2) is 0 Å². The Hall–Kier alpha value is -2.41. The molecule has 1 aromatic rings. The first kappa shape index (κ1) is 20.6. The van der Waals surface area contributed by atoms with Crippen LogP contribution in [0.5, 0.6) is 0 Å². The Morgan fingerprint density at radius 3 is 2.28 bits per heavy atom. The summed E-state index contributed by atoms with van der Waals surface area (Å²) in [5.41, 5.74) is 12.5. The van der Waals surface area contributed by atoms with Gasteiger partial charge in [-0.05, 0) is 36.8 Å². The molecule has 7 heteroatoms. The van der Waals surface area contributed by atoms with Crippen molar-refractivity contribution >= 4 is 18.2 Å². The summed E-state index contributed by atoms with van der Waals surface area (Å²) in [5.74, 6) is -0.658. The minimum atomic E-state index is -0.399. The molecule has 1 unspecified atom stereocenters. The van der Waals surface area contributed by atoms with Gasteiger partial charge in [0.05, 0.1) is 19.3 Å². The van der Waals surface area contributed by atoms with Crippen LogP contribution in [0.25, 0.3) is 0 Å². The lowest BCUT2D eigenvalue weighted by Crippen LogP contribution is -2.33. The van der Waals surface area contributed by atoms with Gasteiger partial charge in [-0.3, -0.25) is 14.4 Å². The van der Waals surface area contributed by atoms with Crippen molar-refractivity contribution in [1.29, 1.82) is 0 Å². The van der Waals surface area contributed by atoms with E-state index in [1.807, 2.05) is 24.3 Å². The zero-order chi connectivity index (χ0) is 18.5. The summed E-state index contributed by atoms with van der Waals surface area (Å²) < 4.78 is 5.61. The summed E-state index contributed by atoms with van der Waals surface area (Å²) in [6.45, 7) is 0.746. The molecule has 0 heterocycles. The van der Waals surface area contributed by atoms with Crippen molar-refractivity contribution in [1.82, 2.24) is 5.32 Å². The number of hydrogen-bond donors (Lipinski definition) is 3. The van der Waals surface area contributed by atoms with E-state index in [0.717, 1.165) is 24.8 Å². The average molecular weight is 349 g/mol. The Balaban J connectivity index is 2.30. The van der Waals surface area contributed by atoms with Gasteiger partial charge in [0.25, 0.3) is 0 Å². The number of carbonyl (C=O) groups excluding carboxylic acids is 3. The zero-order valence-electron chi connectivity index (χ0n) is 14.4. The monoisotopic (exact) mass is 349 g/mol. The van der Waals surface area contributed by atoms with Crippen LogP contribution in [-0.2, 0) is 32.1 Å². The fourth-order valence-corrected chi connectivity index (χ4v) is 2.38. The summed E-state index contributed by atoms with van der Waals surface area (Å²) >= 11 is 0. The highest BCUT2D eigenvalue weighted by molar-refractivity contribution is 5.74. The number of primary amides is 2. The molecule has 0 aliphatic carbocycles. The van der Waals surface area contributed by atoms with Gasteiger partial charge >= 0.3 is 0 Å². The third-order valence-corrected chi connectivity index (χ3v) is 3.79. The molecule has 1 aromatic carbocycles. The van der Waals surface area contributed by atoms with Crippen LogP contribution in [-0.4, -0.2) is 30.9 Å². The van der Waals surface area contributed by atoms with E-state index in [0.29, 0.717) is 32.5 Å². The molecule has 1 atom stereocenters. The Morgan fingerprint density at radius 1 is 1.04 bits per heavy atom. The normalized spacial score (nSPS) is 11.7. The number of rotatable bonds is 14. The number of nitrogens with one attached hydrogen (secondary N) is 1. The molecular formula is C18H27N3O4. The van der Waals surface area contributed by atoms with Gasteiger partial charge in [0, 0.05) is 12.8 Å². The van der Waals surface area contributed by atoms with Gasteiger partial charge in [0.1, 0.15) is 0 Å². The molecular weight excluding hydrogens is 322 g/mol. The summed E-state index contributed by atoms with van der Waals surface area (Å²) in [7, 11) is 0. The summed E-state index contributed by atoms with van der Waals surface area (Å²) in [4.78, 5) is 32.1. The zero-order valence-corrected chi connectivity index (χ0v) is 14.4. The van der Waals surface area contributed by atoms with Crippen LogP contribution >= 0.6 is 0 Å². The van der Waals surface area contributed by atoms with Crippen molar-refractivity contribution in [2.45, 2.75) is 51.2 Å². The number of hydrogen-bond acceptors (Lipinski definition) is 4. The van der Waals surface area contributed by atoms with E-state index in [1.54, 1.807) is 0 Å². The fourth-order valence-electron chi connectivity index (χ4n) is 2.38. The molecule has 0 spiro atoms. The maximum Gasteiger partial charge on any atom is 0.217 e. The summed E-state index contributed by atoms with van der Waals surface area (Å²) in [5, 5.41) is 2.62. The first-order valence-electron chi connectivity index (χ1n) is 8.43. The average Bonchev–Trinajstić information content (AvgIpc) is 2.57. The quantitative estimate of drug-likeness (QED) is 0.339. The summed E-state index contributed by atoms with van der Waals surface area (Å²) in [6, 6.07) is 7.84. The van der Waals surface area contributed by atoms with Crippen LogP contribution in [0.15, 0.2) is 24.3 Å². The largest absolute Gasteiger partial charge is 0.375 e. The van der Waals surface area contributed by atoms with Gasteiger partial charge in [0.15, 0.2) is 0 Å². The molecule has 3 amide bonds. The van der Waals surface area contributed by atoms with Crippen LogP contribution in [0.2, 0.25) is 0 Å². The first-order valence-corrected chi connectivity index (χ1v) is 8.43. The van der Waals surface area contributed by atoms with E-state index in [1.165, 1.54) is 5.56 Å². The highest BCUT2D eigenvalue weighted by Crippen LogP contribution is 2.10. The van der Waals surface area contributed by atoms with Gasteiger partial charge < -0.3 is 21.5 Å². The van der Waals surface area contributed by atoms with Gasteiger partial charge in [-0.15, -0.1) is 0 Å². The highest BCUT2D eigenvalue weighted by atomic mass is 16.5. The third-order valence-electron chi connectivity index (χ3n) is 3.79. The lowest BCUT2D eigenvalue weighted by Gasteiger charge is -2.15. The van der Waals surface area contributed by atoms with E-state index >= 15 is 0 Å². The molecule has 138 valence electrons. The SMILES string of the molecule is NC(=O)CCCCc1ccc(COCC(CCC(N)=O)NC=O)cc1. The van der Waals surface area contributed by atoms with Crippen LogP contribution < -0.4 is 16.8 Å². The molecule has 0 saturated carbocycles. The van der Waals surface area contributed by atoms with Crippen molar-refractivity contribution in [2.24, 2.45) is 11.5 Å². The van der Waals surface area contributed by atoms with Crippen molar-refractivity contribution in [3.63, 3.8) is 0 Å².